The zero-order valence-electron chi connectivity index (χ0n) is 17.1. The fourth-order valence-corrected chi connectivity index (χ4v) is 5.89. The third-order valence-corrected chi connectivity index (χ3v) is 7.70. The van der Waals surface area contributed by atoms with E-state index < -0.39 is 0 Å². The van der Waals surface area contributed by atoms with Crippen molar-refractivity contribution in [2.24, 2.45) is 5.92 Å². The van der Waals surface area contributed by atoms with Crippen molar-refractivity contribution in [3.63, 3.8) is 0 Å². The van der Waals surface area contributed by atoms with Crippen LogP contribution < -0.4 is 0 Å². The number of nitrogens with zero attached hydrogens (tertiary/aromatic N) is 1. The molecule has 1 aromatic rings. The summed E-state index contributed by atoms with van der Waals surface area (Å²) >= 11 is 0. The predicted molar refractivity (Wildman–Crippen MR) is 109 cm³/mol. The number of ether oxygens (including phenoxy) is 1. The molecule has 0 spiro atoms. The van der Waals surface area contributed by atoms with Crippen molar-refractivity contribution >= 4 is 11.5 Å². The normalized spacial score (nSPS) is 35.8. The second kappa shape index (κ2) is 7.43. The number of carbonyl (C=O) groups excluding carboxylic acids is 1. The predicted octanol–water partition coefficient (Wildman–Crippen LogP) is 4.96. The van der Waals surface area contributed by atoms with E-state index in [2.05, 4.69) is 51.2 Å². The van der Waals surface area contributed by atoms with Crippen LogP contribution in [0, 0.1) is 5.92 Å². The molecule has 146 valence electrons. The lowest BCUT2D eigenvalue weighted by Crippen LogP contribution is -2.62. The Bertz CT molecular complexity index is 694. The molecule has 3 nitrogen and oxygen atoms in total. The summed E-state index contributed by atoms with van der Waals surface area (Å²) in [5.41, 5.74) is 2.35. The minimum atomic E-state index is -0.0910. The Hall–Kier alpha value is -1.61. The second-order valence-corrected chi connectivity index (χ2v) is 9.24. The van der Waals surface area contributed by atoms with Crippen LogP contribution in [-0.2, 0) is 9.53 Å². The van der Waals surface area contributed by atoms with Crippen molar-refractivity contribution in [1.29, 1.82) is 0 Å². The fourth-order valence-electron chi connectivity index (χ4n) is 5.89. The topological polar surface area (TPSA) is 26.3 Å². The van der Waals surface area contributed by atoms with Gasteiger partial charge in [0.25, 0.3) is 0 Å². The Morgan fingerprint density at radius 2 is 1.74 bits per heavy atom. The first-order chi connectivity index (χ1) is 13.0. The van der Waals surface area contributed by atoms with Crippen molar-refractivity contribution in [3.05, 3.63) is 42.0 Å². The summed E-state index contributed by atoms with van der Waals surface area (Å²) in [5.74, 6) is -0.0819. The molecule has 2 aliphatic heterocycles. The molecule has 0 radical (unpaired) electrons. The second-order valence-electron chi connectivity index (χ2n) is 9.24. The van der Waals surface area contributed by atoms with Gasteiger partial charge >= 0.3 is 5.97 Å². The quantitative estimate of drug-likeness (QED) is 0.554. The molecule has 0 N–H and O–H groups in total. The molecule has 1 aromatic carbocycles. The molecule has 2 saturated heterocycles. The number of benzene rings is 1. The van der Waals surface area contributed by atoms with Gasteiger partial charge in [0.05, 0.1) is 31.1 Å². The third-order valence-electron chi connectivity index (χ3n) is 7.70. The molecule has 27 heavy (non-hydrogen) atoms. The molecular weight excluding hydrogens is 334 g/mol. The zero-order chi connectivity index (χ0) is 19.0. The van der Waals surface area contributed by atoms with Crippen LogP contribution in [0.3, 0.4) is 0 Å². The summed E-state index contributed by atoms with van der Waals surface area (Å²) in [5, 5.41) is 0. The van der Waals surface area contributed by atoms with E-state index in [0.717, 1.165) is 32.1 Å². The molecular formula is C24H34NO2+. The highest BCUT2D eigenvalue weighted by Crippen LogP contribution is 2.44. The van der Waals surface area contributed by atoms with Crippen molar-refractivity contribution in [3.8, 4) is 0 Å². The first-order valence-electron chi connectivity index (χ1n) is 10.8. The van der Waals surface area contributed by atoms with E-state index in [0.29, 0.717) is 18.1 Å². The number of allylic oxidation sites excluding steroid dienone is 1. The first-order valence-corrected chi connectivity index (χ1v) is 10.8. The monoisotopic (exact) mass is 368 g/mol. The Morgan fingerprint density at radius 3 is 2.37 bits per heavy atom. The van der Waals surface area contributed by atoms with Gasteiger partial charge in [0.2, 0.25) is 0 Å². The van der Waals surface area contributed by atoms with E-state index in [-0.39, 0.29) is 18.0 Å². The van der Waals surface area contributed by atoms with Gasteiger partial charge in [-0.15, -0.1) is 0 Å². The molecule has 2 bridgehead atoms. The Kier molecular flexibility index (Phi) is 5.15. The summed E-state index contributed by atoms with van der Waals surface area (Å²) in [6.45, 7) is 4.69. The minimum absolute atomic E-state index is 0.00912. The SMILES string of the molecule is CC(C)[N+]1(C)C2CCC1CC(OC(=O)C1CCCC=C1c1ccccc1)C2. The number of hydrogen-bond donors (Lipinski definition) is 0. The molecule has 3 heteroatoms. The lowest BCUT2D eigenvalue weighted by Gasteiger charge is -2.49. The number of piperidine rings is 1. The summed E-state index contributed by atoms with van der Waals surface area (Å²) < 4.78 is 7.32. The van der Waals surface area contributed by atoms with Gasteiger partial charge in [-0.1, -0.05) is 36.4 Å². The van der Waals surface area contributed by atoms with Gasteiger partial charge < -0.3 is 9.22 Å². The number of esters is 1. The van der Waals surface area contributed by atoms with Crippen LogP contribution >= 0.6 is 0 Å². The highest BCUT2D eigenvalue weighted by Gasteiger charge is 2.53. The van der Waals surface area contributed by atoms with Crippen LogP contribution in [0.4, 0.5) is 0 Å². The molecule has 3 unspecified atom stereocenters. The molecule has 4 rings (SSSR count). The maximum absolute atomic E-state index is 13.1. The smallest absolute Gasteiger partial charge is 0.313 e. The van der Waals surface area contributed by atoms with Crippen LogP contribution in [0.5, 0.6) is 0 Å². The largest absolute Gasteiger partial charge is 0.461 e. The highest BCUT2D eigenvalue weighted by molar-refractivity contribution is 5.89. The Labute approximate surface area is 164 Å². The van der Waals surface area contributed by atoms with Crippen LogP contribution in [-0.4, -0.2) is 41.7 Å². The average Bonchev–Trinajstić information content (AvgIpc) is 2.86. The molecule has 0 saturated carbocycles. The van der Waals surface area contributed by atoms with Crippen LogP contribution in [0.25, 0.3) is 5.57 Å². The average molecular weight is 369 g/mol. The summed E-state index contributed by atoms with van der Waals surface area (Å²) in [6, 6.07) is 12.3. The van der Waals surface area contributed by atoms with Gasteiger partial charge in [0.15, 0.2) is 0 Å². The lowest BCUT2D eigenvalue weighted by atomic mass is 9.83. The van der Waals surface area contributed by atoms with Gasteiger partial charge in [-0.25, -0.2) is 0 Å². The van der Waals surface area contributed by atoms with Crippen molar-refractivity contribution in [2.45, 2.75) is 83.0 Å². The Balaban J connectivity index is 1.45. The number of fused-ring (bicyclic) bond motifs is 2. The molecule has 3 aliphatic rings. The minimum Gasteiger partial charge on any atom is -0.461 e. The molecule has 3 atom stereocenters. The number of hydrogen-bond acceptors (Lipinski definition) is 2. The van der Waals surface area contributed by atoms with Gasteiger partial charge in [-0.05, 0) is 44.2 Å². The van der Waals surface area contributed by atoms with Gasteiger partial charge in [-0.2, -0.15) is 0 Å². The maximum Gasteiger partial charge on any atom is 0.313 e. The van der Waals surface area contributed by atoms with E-state index >= 15 is 0 Å². The molecule has 2 heterocycles. The number of rotatable bonds is 4. The standard InChI is InChI=1S/C24H34NO2/c1-17(2)25(3)19-13-14-20(25)16-21(15-19)27-24(26)23-12-8-7-11-22(23)18-9-5-4-6-10-18/h4-6,9-11,17,19-21,23H,7-8,12-16H2,1-3H3/q+1. The zero-order valence-corrected chi connectivity index (χ0v) is 17.1. The highest BCUT2D eigenvalue weighted by atomic mass is 16.5. The van der Waals surface area contributed by atoms with E-state index in [9.17, 15) is 4.79 Å². The number of quaternary nitrogens is 1. The summed E-state index contributed by atoms with van der Waals surface area (Å²) in [7, 11) is 2.42. The first kappa shape index (κ1) is 18.7. The maximum atomic E-state index is 13.1. The molecule has 2 fully saturated rings. The summed E-state index contributed by atoms with van der Waals surface area (Å²) in [4.78, 5) is 13.1. The molecule has 0 amide bonds. The number of carbonyl (C=O) groups is 1. The molecule has 0 aromatic heterocycles. The van der Waals surface area contributed by atoms with Gasteiger partial charge in [-0.3, -0.25) is 4.79 Å². The lowest BCUT2D eigenvalue weighted by molar-refractivity contribution is -0.968. The van der Waals surface area contributed by atoms with E-state index in [4.69, 9.17) is 4.74 Å². The Morgan fingerprint density at radius 1 is 1.07 bits per heavy atom. The van der Waals surface area contributed by atoms with E-state index in [1.807, 2.05) is 6.07 Å². The molecule has 1 aliphatic carbocycles. The van der Waals surface area contributed by atoms with E-state index in [1.165, 1.54) is 28.5 Å². The van der Waals surface area contributed by atoms with Crippen LogP contribution in [0.1, 0.15) is 64.4 Å². The van der Waals surface area contributed by atoms with Crippen molar-refractivity contribution < 1.29 is 14.0 Å². The van der Waals surface area contributed by atoms with Gasteiger partial charge in [0.1, 0.15) is 6.10 Å². The van der Waals surface area contributed by atoms with Crippen molar-refractivity contribution in [2.75, 3.05) is 7.05 Å². The van der Waals surface area contributed by atoms with Crippen LogP contribution in [0.15, 0.2) is 36.4 Å². The third kappa shape index (κ3) is 3.35. The van der Waals surface area contributed by atoms with Crippen molar-refractivity contribution in [1.82, 2.24) is 0 Å². The van der Waals surface area contributed by atoms with Crippen LogP contribution in [0.2, 0.25) is 0 Å². The van der Waals surface area contributed by atoms with E-state index in [1.54, 1.807) is 0 Å². The fraction of sp³-hybridized carbons (Fsp3) is 0.625. The van der Waals surface area contributed by atoms with Gasteiger partial charge in [0, 0.05) is 25.7 Å². The summed E-state index contributed by atoms with van der Waals surface area (Å²) in [6.07, 6.45) is 10.1.